The van der Waals surface area contributed by atoms with Gasteiger partial charge in [0.05, 0.1) is 23.9 Å². The summed E-state index contributed by atoms with van der Waals surface area (Å²) in [6.07, 6.45) is 6.47. The van der Waals surface area contributed by atoms with Gasteiger partial charge in [0.1, 0.15) is 0 Å². The number of carbonyl (C=O) groups is 1. The van der Waals surface area contributed by atoms with Gasteiger partial charge in [-0.05, 0) is 30.3 Å². The van der Waals surface area contributed by atoms with Gasteiger partial charge in [0.15, 0.2) is 0 Å². The largest absolute Gasteiger partial charge is 0.472 e. The highest BCUT2D eigenvalue weighted by atomic mass is 16.3. The zero-order valence-electron chi connectivity index (χ0n) is 9.98. The first kappa shape index (κ1) is 11.3. The second-order valence-corrected chi connectivity index (χ2v) is 4.03. The average molecular weight is 253 g/mol. The first-order valence-corrected chi connectivity index (χ1v) is 5.72. The Balaban J connectivity index is 2.20. The number of aromatic nitrogens is 2. The van der Waals surface area contributed by atoms with Gasteiger partial charge in [0, 0.05) is 23.5 Å². The molecule has 0 aliphatic heterocycles. The van der Waals surface area contributed by atoms with Crippen LogP contribution in [0.1, 0.15) is 0 Å². The normalized spacial score (nSPS) is 10.5. The molecule has 0 saturated heterocycles. The summed E-state index contributed by atoms with van der Waals surface area (Å²) in [7, 11) is 0. The second kappa shape index (κ2) is 4.45. The van der Waals surface area contributed by atoms with Gasteiger partial charge in [-0.3, -0.25) is 9.55 Å². The number of hydrogen-bond donors (Lipinski definition) is 1. The Bertz CT molecular complexity index is 700. The van der Waals surface area contributed by atoms with Crippen LogP contribution in [0.5, 0.6) is 0 Å². The van der Waals surface area contributed by atoms with E-state index in [-0.39, 0.29) is 0 Å². The van der Waals surface area contributed by atoms with Gasteiger partial charge >= 0.3 is 6.03 Å². The Morgan fingerprint density at radius 3 is 2.32 bits per heavy atom. The average Bonchev–Trinajstić information content (AvgIpc) is 3.08. The van der Waals surface area contributed by atoms with E-state index in [2.05, 4.69) is 4.98 Å². The Morgan fingerprint density at radius 2 is 1.74 bits per heavy atom. The highest BCUT2D eigenvalue weighted by molar-refractivity contribution is 5.87. The molecule has 2 N–H and O–H groups in total. The van der Waals surface area contributed by atoms with Crippen LogP contribution in [0.15, 0.2) is 59.7 Å². The molecule has 19 heavy (non-hydrogen) atoms. The van der Waals surface area contributed by atoms with Crippen molar-refractivity contribution in [3.05, 3.63) is 55.3 Å². The summed E-state index contributed by atoms with van der Waals surface area (Å²) in [4.78, 5) is 15.7. The Morgan fingerprint density at radius 1 is 1.05 bits per heavy atom. The quantitative estimate of drug-likeness (QED) is 0.763. The van der Waals surface area contributed by atoms with Gasteiger partial charge in [-0.25, -0.2) is 4.79 Å². The van der Waals surface area contributed by atoms with E-state index in [1.54, 1.807) is 31.0 Å². The number of nitrogens with zero attached hydrogens (tertiary/aromatic N) is 2. The summed E-state index contributed by atoms with van der Waals surface area (Å²) in [6.45, 7) is 0. The van der Waals surface area contributed by atoms with Crippen LogP contribution in [0, 0.1) is 0 Å². The van der Waals surface area contributed by atoms with Crippen LogP contribution in [0.4, 0.5) is 4.79 Å². The van der Waals surface area contributed by atoms with Crippen LogP contribution in [-0.4, -0.2) is 15.6 Å². The Hall–Kier alpha value is -2.82. The molecular weight excluding hydrogens is 242 g/mol. The van der Waals surface area contributed by atoms with Gasteiger partial charge in [0.2, 0.25) is 0 Å². The van der Waals surface area contributed by atoms with Crippen molar-refractivity contribution in [2.75, 3.05) is 0 Å². The lowest BCUT2D eigenvalue weighted by atomic mass is 10.2. The van der Waals surface area contributed by atoms with Gasteiger partial charge in [0.25, 0.3) is 0 Å². The topological polar surface area (TPSA) is 74.1 Å². The van der Waals surface area contributed by atoms with Gasteiger partial charge < -0.3 is 10.2 Å². The summed E-state index contributed by atoms with van der Waals surface area (Å²) in [5, 5.41) is 0. The van der Waals surface area contributed by atoms with Crippen molar-refractivity contribution in [3.8, 4) is 22.5 Å². The summed E-state index contributed by atoms with van der Waals surface area (Å²) in [6, 6.07) is 8.59. The third kappa shape index (κ3) is 1.91. The molecule has 3 heterocycles. The maximum atomic E-state index is 11.7. The molecule has 0 aliphatic carbocycles. The first-order valence-electron chi connectivity index (χ1n) is 5.72. The minimum absolute atomic E-state index is 0.534. The highest BCUT2D eigenvalue weighted by Crippen LogP contribution is 2.28. The second-order valence-electron chi connectivity index (χ2n) is 4.03. The van der Waals surface area contributed by atoms with E-state index in [0.717, 1.165) is 16.8 Å². The Kier molecular flexibility index (Phi) is 2.64. The lowest BCUT2D eigenvalue weighted by Gasteiger charge is -2.08. The molecule has 3 aromatic heterocycles. The van der Waals surface area contributed by atoms with E-state index in [1.807, 2.05) is 24.3 Å². The zero-order valence-corrected chi connectivity index (χ0v) is 9.98. The van der Waals surface area contributed by atoms with Crippen molar-refractivity contribution in [1.29, 1.82) is 0 Å². The summed E-state index contributed by atoms with van der Waals surface area (Å²) in [5.41, 5.74) is 8.59. The number of hydrogen-bond acceptors (Lipinski definition) is 3. The zero-order chi connectivity index (χ0) is 13.2. The van der Waals surface area contributed by atoms with E-state index in [0.29, 0.717) is 5.69 Å². The molecule has 0 spiro atoms. The van der Waals surface area contributed by atoms with Crippen molar-refractivity contribution < 1.29 is 9.21 Å². The molecule has 0 fully saturated rings. The van der Waals surface area contributed by atoms with Crippen LogP contribution < -0.4 is 5.73 Å². The van der Waals surface area contributed by atoms with Crippen LogP contribution in [-0.2, 0) is 0 Å². The fourth-order valence-corrected chi connectivity index (χ4v) is 2.06. The first-order chi connectivity index (χ1) is 9.27. The van der Waals surface area contributed by atoms with Gasteiger partial charge in [-0.2, -0.15) is 0 Å². The fraction of sp³-hybridized carbons (Fsp3) is 0. The van der Waals surface area contributed by atoms with E-state index >= 15 is 0 Å². The third-order valence-corrected chi connectivity index (χ3v) is 2.89. The number of rotatable bonds is 2. The molecule has 5 nitrogen and oxygen atoms in total. The molecule has 0 aromatic carbocycles. The number of amides is 1. The molecular formula is C14H11N3O2. The standard InChI is InChI=1S/C14H11N3O2/c15-14(18)17-12(10-3-6-16-7-4-10)1-2-13(17)11-5-8-19-9-11/h1-9H,(H2,15,18). The summed E-state index contributed by atoms with van der Waals surface area (Å²) >= 11 is 0. The minimum atomic E-state index is -0.534. The predicted octanol–water partition coefficient (Wildman–Crippen LogP) is 2.74. The van der Waals surface area contributed by atoms with E-state index in [4.69, 9.17) is 10.2 Å². The lowest BCUT2D eigenvalue weighted by Crippen LogP contribution is -2.21. The number of furan rings is 1. The number of primary amides is 1. The molecule has 5 heteroatoms. The number of pyridine rings is 1. The van der Waals surface area contributed by atoms with E-state index < -0.39 is 6.03 Å². The molecule has 0 unspecified atom stereocenters. The Labute approximate surface area is 109 Å². The van der Waals surface area contributed by atoms with E-state index in [9.17, 15) is 4.79 Å². The molecule has 3 aromatic rings. The highest BCUT2D eigenvalue weighted by Gasteiger charge is 2.15. The molecule has 0 saturated carbocycles. The lowest BCUT2D eigenvalue weighted by molar-refractivity contribution is 0.251. The van der Waals surface area contributed by atoms with Crippen molar-refractivity contribution in [3.63, 3.8) is 0 Å². The smallest absolute Gasteiger partial charge is 0.323 e. The van der Waals surface area contributed by atoms with Crippen LogP contribution in [0.3, 0.4) is 0 Å². The van der Waals surface area contributed by atoms with Gasteiger partial charge in [-0.1, -0.05) is 0 Å². The van der Waals surface area contributed by atoms with E-state index in [1.165, 1.54) is 4.57 Å². The maximum Gasteiger partial charge on any atom is 0.323 e. The molecule has 0 bridgehead atoms. The minimum Gasteiger partial charge on any atom is -0.472 e. The number of carbonyl (C=O) groups excluding carboxylic acids is 1. The van der Waals surface area contributed by atoms with Crippen LogP contribution >= 0.6 is 0 Å². The molecule has 1 amide bonds. The molecule has 0 aliphatic rings. The van der Waals surface area contributed by atoms with Crippen LogP contribution in [0.2, 0.25) is 0 Å². The van der Waals surface area contributed by atoms with Crippen molar-refractivity contribution in [2.24, 2.45) is 5.73 Å². The third-order valence-electron chi connectivity index (χ3n) is 2.89. The monoisotopic (exact) mass is 253 g/mol. The van der Waals surface area contributed by atoms with Crippen molar-refractivity contribution in [1.82, 2.24) is 9.55 Å². The molecule has 0 radical (unpaired) electrons. The van der Waals surface area contributed by atoms with Gasteiger partial charge in [-0.15, -0.1) is 0 Å². The maximum absolute atomic E-state index is 11.7. The molecule has 94 valence electrons. The van der Waals surface area contributed by atoms with Crippen molar-refractivity contribution in [2.45, 2.75) is 0 Å². The molecule has 3 rings (SSSR count). The predicted molar refractivity (Wildman–Crippen MR) is 70.3 cm³/mol. The molecule has 0 atom stereocenters. The SMILES string of the molecule is NC(=O)n1c(-c2ccncc2)ccc1-c1ccoc1. The fourth-order valence-electron chi connectivity index (χ4n) is 2.06. The number of nitrogens with two attached hydrogens (primary N) is 1. The van der Waals surface area contributed by atoms with Crippen molar-refractivity contribution >= 4 is 6.03 Å². The van der Waals surface area contributed by atoms with Crippen LogP contribution in [0.25, 0.3) is 22.5 Å². The summed E-state index contributed by atoms with van der Waals surface area (Å²) in [5.74, 6) is 0. The summed E-state index contributed by atoms with van der Waals surface area (Å²) < 4.78 is 6.50.